The summed E-state index contributed by atoms with van der Waals surface area (Å²) in [6.45, 7) is 7.57. The van der Waals surface area contributed by atoms with E-state index in [2.05, 4.69) is 5.32 Å². The number of nitrogens with one attached hydrogen (secondary N) is 1. The number of ether oxygens (including phenoxy) is 1. The molecule has 0 aliphatic heterocycles. The molecule has 0 spiro atoms. The Labute approximate surface area is 96.7 Å². The monoisotopic (exact) mass is 230 g/mol. The largest absolute Gasteiger partial charge is 0.464 e. The molecule has 0 rings (SSSR count). The quantitative estimate of drug-likeness (QED) is 0.648. The van der Waals surface area contributed by atoms with Crippen LogP contribution in [0.4, 0.5) is 0 Å². The molecule has 0 unspecified atom stereocenters. The highest BCUT2D eigenvalue weighted by Gasteiger charge is 2.23. The van der Waals surface area contributed by atoms with Gasteiger partial charge >= 0.3 is 5.97 Å². The first-order chi connectivity index (χ1) is 7.38. The highest BCUT2D eigenvalue weighted by molar-refractivity contribution is 5.87. The van der Waals surface area contributed by atoms with Gasteiger partial charge in [-0.15, -0.1) is 0 Å². The van der Waals surface area contributed by atoms with Crippen molar-refractivity contribution < 1.29 is 14.3 Å². The summed E-state index contributed by atoms with van der Waals surface area (Å²) in [5, 5.41) is 2.59. The molecule has 0 aromatic rings. The van der Waals surface area contributed by atoms with E-state index >= 15 is 0 Å². The third-order valence-corrected chi connectivity index (χ3v) is 2.01. The molecule has 0 aliphatic rings. The zero-order valence-electron chi connectivity index (χ0n) is 10.4. The van der Waals surface area contributed by atoms with Gasteiger partial charge in [-0.3, -0.25) is 4.79 Å². The molecule has 2 atom stereocenters. The highest BCUT2D eigenvalue weighted by Crippen LogP contribution is 2.06. The van der Waals surface area contributed by atoms with Crippen molar-refractivity contribution in [3.63, 3.8) is 0 Å². The first-order valence-corrected chi connectivity index (χ1v) is 5.61. The predicted molar refractivity (Wildman–Crippen MR) is 61.7 cm³/mol. The maximum Gasteiger partial charge on any atom is 0.328 e. The first kappa shape index (κ1) is 14.9. The minimum absolute atomic E-state index is 0.294. The molecular weight excluding hydrogens is 208 g/mol. The fourth-order valence-corrected chi connectivity index (χ4v) is 1.23. The van der Waals surface area contributed by atoms with Gasteiger partial charge in [0.2, 0.25) is 5.91 Å². The van der Waals surface area contributed by atoms with Gasteiger partial charge in [0.1, 0.15) is 6.04 Å². The molecule has 0 heterocycles. The van der Waals surface area contributed by atoms with Crippen LogP contribution < -0.4 is 11.1 Å². The number of nitrogens with two attached hydrogens (primary N) is 1. The van der Waals surface area contributed by atoms with Crippen LogP contribution >= 0.6 is 0 Å². The smallest absolute Gasteiger partial charge is 0.328 e. The predicted octanol–water partition coefficient (Wildman–Crippen LogP) is 0.428. The van der Waals surface area contributed by atoms with Crippen LogP contribution in [0, 0.1) is 5.92 Å². The molecule has 1 amide bonds. The van der Waals surface area contributed by atoms with Gasteiger partial charge < -0.3 is 15.8 Å². The summed E-state index contributed by atoms with van der Waals surface area (Å²) in [6.07, 6.45) is 0.553. The van der Waals surface area contributed by atoms with E-state index in [4.69, 9.17) is 10.5 Å². The molecule has 0 saturated heterocycles. The van der Waals surface area contributed by atoms with Crippen LogP contribution in [-0.2, 0) is 14.3 Å². The van der Waals surface area contributed by atoms with Gasteiger partial charge in [0.15, 0.2) is 0 Å². The standard InChI is InChI=1S/C11H22N2O3/c1-5-16-11(15)9(6-7(2)3)13-10(14)8(4)12/h7-9H,5-6,12H2,1-4H3,(H,13,14)/t8-,9-/m0/s1. The van der Waals surface area contributed by atoms with Crippen LogP contribution in [0.2, 0.25) is 0 Å². The number of carbonyl (C=O) groups is 2. The fourth-order valence-electron chi connectivity index (χ4n) is 1.23. The summed E-state index contributed by atoms with van der Waals surface area (Å²) < 4.78 is 4.89. The third-order valence-electron chi connectivity index (χ3n) is 2.01. The van der Waals surface area contributed by atoms with Crippen molar-refractivity contribution in [2.45, 2.75) is 46.2 Å². The minimum atomic E-state index is -0.621. The summed E-state index contributed by atoms with van der Waals surface area (Å²) >= 11 is 0. The number of hydrogen-bond acceptors (Lipinski definition) is 4. The van der Waals surface area contributed by atoms with E-state index in [0.717, 1.165) is 0 Å². The van der Waals surface area contributed by atoms with E-state index in [-0.39, 0.29) is 5.91 Å². The average Bonchev–Trinajstić information content (AvgIpc) is 2.16. The van der Waals surface area contributed by atoms with Crippen molar-refractivity contribution in [2.75, 3.05) is 6.61 Å². The highest BCUT2D eigenvalue weighted by atomic mass is 16.5. The van der Waals surface area contributed by atoms with Gasteiger partial charge in [0, 0.05) is 0 Å². The van der Waals surface area contributed by atoms with Gasteiger partial charge in [0.05, 0.1) is 12.6 Å². The Balaban J connectivity index is 4.42. The summed E-state index contributed by atoms with van der Waals surface area (Å²) in [7, 11) is 0. The van der Waals surface area contributed by atoms with Gasteiger partial charge in [-0.1, -0.05) is 13.8 Å². The van der Waals surface area contributed by atoms with Crippen LogP contribution in [0.25, 0.3) is 0 Å². The van der Waals surface area contributed by atoms with Crippen molar-refractivity contribution in [3.05, 3.63) is 0 Å². The first-order valence-electron chi connectivity index (χ1n) is 5.61. The van der Waals surface area contributed by atoms with E-state index in [9.17, 15) is 9.59 Å². The van der Waals surface area contributed by atoms with Gasteiger partial charge in [-0.2, -0.15) is 0 Å². The maximum atomic E-state index is 11.6. The van der Waals surface area contributed by atoms with Gasteiger partial charge in [-0.25, -0.2) is 4.79 Å². The van der Waals surface area contributed by atoms with Crippen molar-refractivity contribution in [1.29, 1.82) is 0 Å². The summed E-state index contributed by atoms with van der Waals surface area (Å²) in [4.78, 5) is 23.0. The van der Waals surface area contributed by atoms with Gasteiger partial charge in [0.25, 0.3) is 0 Å². The molecule has 0 bridgehead atoms. The molecule has 16 heavy (non-hydrogen) atoms. The van der Waals surface area contributed by atoms with E-state index < -0.39 is 18.1 Å². The van der Waals surface area contributed by atoms with Crippen molar-refractivity contribution >= 4 is 11.9 Å². The topological polar surface area (TPSA) is 81.4 Å². The molecule has 0 saturated carbocycles. The number of hydrogen-bond donors (Lipinski definition) is 2. The third kappa shape index (κ3) is 5.70. The van der Waals surface area contributed by atoms with E-state index in [1.54, 1.807) is 13.8 Å². The minimum Gasteiger partial charge on any atom is -0.464 e. The summed E-state index contributed by atoms with van der Waals surface area (Å²) in [6, 6.07) is -1.22. The molecule has 0 radical (unpaired) electrons. The molecule has 0 fully saturated rings. The Kier molecular flexibility index (Phi) is 6.72. The summed E-state index contributed by atoms with van der Waals surface area (Å²) in [5.41, 5.74) is 5.42. The maximum absolute atomic E-state index is 11.6. The molecule has 5 heteroatoms. The van der Waals surface area contributed by atoms with Crippen LogP contribution in [-0.4, -0.2) is 30.6 Å². The molecular formula is C11H22N2O3. The fraction of sp³-hybridized carbons (Fsp3) is 0.818. The molecule has 0 aliphatic carbocycles. The lowest BCUT2D eigenvalue weighted by atomic mass is 10.0. The second kappa shape index (κ2) is 7.22. The molecule has 3 N–H and O–H groups in total. The normalized spacial score (nSPS) is 14.4. The molecule has 0 aromatic heterocycles. The molecule has 0 aromatic carbocycles. The van der Waals surface area contributed by atoms with E-state index in [1.807, 2.05) is 13.8 Å². The van der Waals surface area contributed by atoms with Gasteiger partial charge in [-0.05, 0) is 26.2 Å². The number of rotatable bonds is 6. The van der Waals surface area contributed by atoms with Crippen LogP contribution in [0.5, 0.6) is 0 Å². The zero-order valence-corrected chi connectivity index (χ0v) is 10.4. The SMILES string of the molecule is CCOC(=O)[C@H](CC(C)C)NC(=O)[C@H](C)N. The Morgan fingerprint density at radius 2 is 1.88 bits per heavy atom. The van der Waals surface area contributed by atoms with Crippen LogP contribution in [0.1, 0.15) is 34.1 Å². The second-order valence-electron chi connectivity index (χ2n) is 4.23. The Hall–Kier alpha value is -1.10. The average molecular weight is 230 g/mol. The van der Waals surface area contributed by atoms with Crippen molar-refractivity contribution in [2.24, 2.45) is 11.7 Å². The molecule has 5 nitrogen and oxygen atoms in total. The van der Waals surface area contributed by atoms with Crippen molar-refractivity contribution in [3.8, 4) is 0 Å². The lowest BCUT2D eigenvalue weighted by molar-refractivity contribution is -0.148. The van der Waals surface area contributed by atoms with Crippen LogP contribution in [0.15, 0.2) is 0 Å². The zero-order chi connectivity index (χ0) is 12.7. The Morgan fingerprint density at radius 1 is 1.31 bits per heavy atom. The van der Waals surface area contributed by atoms with E-state index in [0.29, 0.717) is 18.9 Å². The molecule has 94 valence electrons. The Morgan fingerprint density at radius 3 is 2.25 bits per heavy atom. The number of esters is 1. The van der Waals surface area contributed by atoms with Crippen molar-refractivity contribution in [1.82, 2.24) is 5.32 Å². The van der Waals surface area contributed by atoms with E-state index in [1.165, 1.54) is 0 Å². The van der Waals surface area contributed by atoms with Crippen LogP contribution in [0.3, 0.4) is 0 Å². The lowest BCUT2D eigenvalue weighted by Gasteiger charge is -2.19. The second-order valence-corrected chi connectivity index (χ2v) is 4.23. The Bertz CT molecular complexity index is 239. The summed E-state index contributed by atoms with van der Waals surface area (Å²) in [5.74, 6) is -0.438. The number of carbonyl (C=O) groups excluding carboxylic acids is 2. The number of amides is 1. The lowest BCUT2D eigenvalue weighted by Crippen LogP contribution is -2.48.